The van der Waals surface area contributed by atoms with Crippen molar-refractivity contribution in [1.29, 1.82) is 0 Å². The Morgan fingerprint density at radius 2 is 1.77 bits per heavy atom. The Bertz CT molecular complexity index is 1050. The van der Waals surface area contributed by atoms with E-state index >= 15 is 0 Å². The van der Waals surface area contributed by atoms with Crippen molar-refractivity contribution < 1.29 is 9.53 Å². The average molecular weight is 484 g/mol. The van der Waals surface area contributed by atoms with Gasteiger partial charge in [0.25, 0.3) is 5.91 Å². The normalized spacial score (nSPS) is 12.1. The second kappa shape index (κ2) is 9.66. The largest absolute Gasteiger partial charge is 0.497 e. The topological polar surface area (TPSA) is 75.3 Å². The summed E-state index contributed by atoms with van der Waals surface area (Å²) in [6.45, 7) is 0. The number of hydrogen-bond acceptors (Lipinski definition) is 4. The van der Waals surface area contributed by atoms with E-state index < -0.39 is 15.9 Å². The van der Waals surface area contributed by atoms with Gasteiger partial charge in [0.1, 0.15) is 11.9 Å². The molecule has 6 nitrogen and oxygen atoms in total. The first-order chi connectivity index (χ1) is 14.3. The first-order valence-corrected chi connectivity index (χ1v) is 10.2. The number of aromatic nitrogens is 1. The van der Waals surface area contributed by atoms with E-state index in [0.717, 1.165) is 10.9 Å². The van der Waals surface area contributed by atoms with Crippen molar-refractivity contribution in [1.82, 2.24) is 15.6 Å². The Morgan fingerprint density at radius 1 is 1.07 bits per heavy atom. The lowest BCUT2D eigenvalue weighted by atomic mass is 10.2. The van der Waals surface area contributed by atoms with Gasteiger partial charge in [-0.25, -0.2) is 0 Å². The second-order valence-electron chi connectivity index (χ2n) is 6.16. The summed E-state index contributed by atoms with van der Waals surface area (Å²) in [4.78, 5) is 16.9. The van der Waals surface area contributed by atoms with Crippen LogP contribution in [0, 0.1) is 0 Å². The number of fused-ring (bicyclic) bond motifs is 1. The highest BCUT2D eigenvalue weighted by atomic mass is 35.6. The van der Waals surface area contributed by atoms with Crippen LogP contribution in [0.3, 0.4) is 0 Å². The number of halogens is 3. The minimum atomic E-state index is -1.87. The van der Waals surface area contributed by atoms with Gasteiger partial charge in [-0.3, -0.25) is 9.78 Å². The molecule has 0 radical (unpaired) electrons. The maximum absolute atomic E-state index is 12.6. The summed E-state index contributed by atoms with van der Waals surface area (Å²) in [6.07, 6.45) is 0.587. The van der Waals surface area contributed by atoms with Gasteiger partial charge in [0.15, 0.2) is 5.11 Å². The number of carbonyl (C=O) groups is 1. The van der Waals surface area contributed by atoms with Gasteiger partial charge in [-0.1, -0.05) is 53.0 Å². The maximum atomic E-state index is 12.6. The molecule has 1 heterocycles. The molecule has 3 aromatic rings. The van der Waals surface area contributed by atoms with Crippen LogP contribution >= 0.6 is 47.0 Å². The number of amides is 1. The molecule has 0 aliphatic rings. The molecule has 3 N–H and O–H groups in total. The van der Waals surface area contributed by atoms with Gasteiger partial charge in [0, 0.05) is 17.1 Å². The molecule has 0 spiro atoms. The maximum Gasteiger partial charge on any atom is 0.252 e. The lowest BCUT2D eigenvalue weighted by Crippen LogP contribution is -2.56. The Labute approximate surface area is 193 Å². The van der Waals surface area contributed by atoms with E-state index in [1.807, 2.05) is 30.3 Å². The van der Waals surface area contributed by atoms with Crippen LogP contribution in [0.4, 0.5) is 5.69 Å². The van der Waals surface area contributed by atoms with Crippen LogP contribution in [-0.2, 0) is 0 Å². The predicted molar refractivity (Wildman–Crippen MR) is 126 cm³/mol. The Hall–Kier alpha value is -2.32. The third-order valence-electron chi connectivity index (χ3n) is 4.11. The second-order valence-corrected chi connectivity index (χ2v) is 8.93. The summed E-state index contributed by atoms with van der Waals surface area (Å²) < 4.78 is 3.22. The van der Waals surface area contributed by atoms with Crippen LogP contribution in [0.15, 0.2) is 60.8 Å². The monoisotopic (exact) mass is 482 g/mol. The molecule has 30 heavy (non-hydrogen) atoms. The molecule has 0 aliphatic heterocycles. The number of ether oxygens (including phenoxy) is 1. The molecule has 0 fully saturated rings. The number of carbonyl (C=O) groups excluding carboxylic acids is 1. The smallest absolute Gasteiger partial charge is 0.252 e. The zero-order valence-electron chi connectivity index (χ0n) is 15.7. The Kier molecular flexibility index (Phi) is 7.20. The molecular weight excluding hydrogens is 467 g/mol. The van der Waals surface area contributed by atoms with Crippen molar-refractivity contribution in [3.63, 3.8) is 0 Å². The minimum absolute atomic E-state index is 0.152. The van der Waals surface area contributed by atoms with Crippen molar-refractivity contribution in [3.05, 3.63) is 66.4 Å². The molecule has 1 amide bonds. The van der Waals surface area contributed by atoms with E-state index in [4.69, 9.17) is 51.8 Å². The average Bonchev–Trinajstić information content (AvgIpc) is 2.73. The van der Waals surface area contributed by atoms with Crippen molar-refractivity contribution in [2.75, 3.05) is 12.4 Å². The van der Waals surface area contributed by atoms with E-state index in [-0.39, 0.29) is 5.11 Å². The van der Waals surface area contributed by atoms with Crippen molar-refractivity contribution in [2.24, 2.45) is 0 Å². The number of rotatable bonds is 5. The summed E-state index contributed by atoms with van der Waals surface area (Å²) in [5, 5.41) is 9.59. The minimum Gasteiger partial charge on any atom is -0.497 e. The number of alkyl halides is 3. The van der Waals surface area contributed by atoms with E-state index in [0.29, 0.717) is 17.0 Å². The highest BCUT2D eigenvalue weighted by Gasteiger charge is 2.35. The van der Waals surface area contributed by atoms with E-state index in [9.17, 15) is 4.79 Å². The highest BCUT2D eigenvalue weighted by molar-refractivity contribution is 7.80. The molecule has 1 atom stereocenters. The van der Waals surface area contributed by atoms with E-state index in [1.165, 1.54) is 7.11 Å². The Morgan fingerprint density at radius 3 is 2.43 bits per heavy atom. The fraction of sp³-hybridized carbons (Fsp3) is 0.150. The van der Waals surface area contributed by atoms with Crippen LogP contribution < -0.4 is 20.7 Å². The molecule has 0 saturated carbocycles. The number of para-hydroxylation sites is 1. The zero-order chi connectivity index (χ0) is 21.7. The molecule has 0 bridgehead atoms. The van der Waals surface area contributed by atoms with Gasteiger partial charge in [0.2, 0.25) is 3.79 Å². The summed E-state index contributed by atoms with van der Waals surface area (Å²) in [6, 6.07) is 15.9. The number of benzene rings is 2. The molecule has 1 aromatic heterocycles. The fourth-order valence-electron chi connectivity index (χ4n) is 2.65. The van der Waals surface area contributed by atoms with Crippen LogP contribution in [0.5, 0.6) is 5.75 Å². The third kappa shape index (κ3) is 5.64. The predicted octanol–water partition coefficient (Wildman–Crippen LogP) is 4.66. The van der Waals surface area contributed by atoms with Gasteiger partial charge >= 0.3 is 0 Å². The van der Waals surface area contributed by atoms with Gasteiger partial charge in [0.05, 0.1) is 18.3 Å². The number of thiocarbonyl (C=S) groups is 1. The lowest BCUT2D eigenvalue weighted by Gasteiger charge is -2.28. The van der Waals surface area contributed by atoms with E-state index in [1.54, 1.807) is 30.5 Å². The first kappa shape index (κ1) is 22.4. The standard InChI is InChI=1S/C20H17Cl3N4O2S/c1-29-14-9-7-13(8-10-14)17(28)26-18(20(21,22)23)27-19(30)25-15-6-2-4-12-5-3-11-24-16(12)15/h2-11,18H,1H3,(H,26,28)(H2,25,27,30)/t18-/m0/s1. The summed E-state index contributed by atoms with van der Waals surface area (Å²) in [7, 11) is 1.54. The van der Waals surface area contributed by atoms with Crippen molar-refractivity contribution >= 4 is 74.6 Å². The highest BCUT2D eigenvalue weighted by Crippen LogP contribution is 2.29. The number of methoxy groups -OCH3 is 1. The number of nitrogens with one attached hydrogen (secondary N) is 3. The zero-order valence-corrected chi connectivity index (χ0v) is 18.7. The lowest BCUT2D eigenvalue weighted by molar-refractivity contribution is 0.0934. The molecule has 156 valence electrons. The van der Waals surface area contributed by atoms with Crippen molar-refractivity contribution in [3.8, 4) is 5.75 Å². The molecule has 0 saturated heterocycles. The molecule has 0 aliphatic carbocycles. The van der Waals surface area contributed by atoms with Crippen LogP contribution in [-0.4, -0.2) is 33.1 Å². The molecule has 0 unspecified atom stereocenters. The van der Waals surface area contributed by atoms with Gasteiger partial charge < -0.3 is 20.7 Å². The van der Waals surface area contributed by atoms with Gasteiger partial charge in [-0.15, -0.1) is 0 Å². The molecular formula is C20H17Cl3N4O2S. The Balaban J connectivity index is 1.72. The van der Waals surface area contributed by atoms with Gasteiger partial charge in [-0.2, -0.15) is 0 Å². The number of anilines is 1. The van der Waals surface area contributed by atoms with Crippen LogP contribution in [0.2, 0.25) is 0 Å². The number of nitrogens with zero attached hydrogens (tertiary/aromatic N) is 1. The fourth-order valence-corrected chi connectivity index (χ4v) is 3.21. The number of pyridine rings is 1. The summed E-state index contributed by atoms with van der Waals surface area (Å²) in [5.41, 5.74) is 1.78. The first-order valence-electron chi connectivity index (χ1n) is 8.71. The van der Waals surface area contributed by atoms with E-state index in [2.05, 4.69) is 20.9 Å². The SMILES string of the molecule is COc1ccc(C(=O)N[C@@H](NC(=S)Nc2cccc3cccnc23)C(Cl)(Cl)Cl)cc1. The summed E-state index contributed by atoms with van der Waals surface area (Å²) >= 11 is 23.5. The number of hydrogen-bond donors (Lipinski definition) is 3. The molecule has 2 aromatic carbocycles. The third-order valence-corrected chi connectivity index (χ3v) is 4.99. The van der Waals surface area contributed by atoms with Gasteiger partial charge in [-0.05, 0) is 48.6 Å². The van der Waals surface area contributed by atoms with Crippen LogP contribution in [0.1, 0.15) is 10.4 Å². The molecule has 10 heteroatoms. The molecule has 3 rings (SSSR count). The summed E-state index contributed by atoms with van der Waals surface area (Å²) in [5.74, 6) is 0.174. The quantitative estimate of drug-likeness (QED) is 0.278. The van der Waals surface area contributed by atoms with Crippen LogP contribution in [0.25, 0.3) is 10.9 Å². The van der Waals surface area contributed by atoms with Crippen molar-refractivity contribution in [2.45, 2.75) is 9.96 Å².